The van der Waals surface area contributed by atoms with Gasteiger partial charge in [-0.25, -0.2) is 8.42 Å². The number of benzene rings is 2. The molecule has 2 aromatic carbocycles. The Morgan fingerprint density at radius 2 is 1.81 bits per heavy atom. The van der Waals surface area contributed by atoms with Gasteiger partial charge in [0.1, 0.15) is 18.3 Å². The molecule has 1 atom stereocenters. The topological polar surface area (TPSA) is 96.0 Å². The second-order valence-corrected chi connectivity index (χ2v) is 9.46. The molecule has 8 nitrogen and oxygen atoms in total. The molecule has 2 aromatic rings. The van der Waals surface area contributed by atoms with Gasteiger partial charge in [0.25, 0.3) is 0 Å². The predicted octanol–water partition coefficient (Wildman–Crippen LogP) is 2.32. The van der Waals surface area contributed by atoms with Crippen LogP contribution < -0.4 is 14.4 Å². The van der Waals surface area contributed by atoms with Crippen molar-refractivity contribution in [1.29, 1.82) is 0 Å². The number of hydrogen-bond donors (Lipinski definition) is 1. The van der Waals surface area contributed by atoms with E-state index < -0.39 is 28.5 Å². The van der Waals surface area contributed by atoms with E-state index >= 15 is 0 Å². The Morgan fingerprint density at radius 1 is 1.12 bits per heavy atom. The summed E-state index contributed by atoms with van der Waals surface area (Å²) in [5.41, 5.74) is 2.02. The Bertz CT molecular complexity index is 1060. The first-order valence-corrected chi connectivity index (χ1v) is 12.2. The van der Waals surface area contributed by atoms with Crippen molar-refractivity contribution in [3.05, 3.63) is 59.7 Å². The lowest BCUT2D eigenvalue weighted by molar-refractivity contribution is -0.139. The molecule has 1 N–H and O–H groups in total. The molecule has 0 unspecified atom stereocenters. The first-order chi connectivity index (χ1) is 15.1. The molecular weight excluding hydrogens is 430 g/mol. The lowest BCUT2D eigenvalue weighted by Gasteiger charge is -2.31. The molecule has 0 aliphatic heterocycles. The number of carbonyl (C=O) groups excluding carboxylic acids is 2. The summed E-state index contributed by atoms with van der Waals surface area (Å²) >= 11 is 0. The van der Waals surface area contributed by atoms with Crippen LogP contribution in [0.2, 0.25) is 0 Å². The van der Waals surface area contributed by atoms with Crippen molar-refractivity contribution in [3.8, 4) is 5.75 Å². The minimum absolute atomic E-state index is 0.125. The molecule has 0 heterocycles. The number of amides is 2. The number of nitrogens with one attached hydrogen (secondary N) is 1. The molecule has 0 aromatic heterocycles. The van der Waals surface area contributed by atoms with Gasteiger partial charge in [-0.15, -0.1) is 0 Å². The predicted molar refractivity (Wildman–Crippen MR) is 125 cm³/mol. The summed E-state index contributed by atoms with van der Waals surface area (Å²) in [6, 6.07) is 13.3. The van der Waals surface area contributed by atoms with Crippen LogP contribution in [0.15, 0.2) is 48.5 Å². The number of aryl methyl sites for hydroxylation is 1. The summed E-state index contributed by atoms with van der Waals surface area (Å²) in [5, 5.41) is 2.72. The number of hydrogen-bond acceptors (Lipinski definition) is 5. The van der Waals surface area contributed by atoms with Gasteiger partial charge < -0.3 is 15.0 Å². The van der Waals surface area contributed by atoms with E-state index in [1.165, 1.54) is 4.90 Å². The maximum Gasteiger partial charge on any atom is 0.244 e. The Labute approximate surface area is 190 Å². The molecule has 0 fully saturated rings. The molecule has 0 saturated carbocycles. The zero-order chi connectivity index (χ0) is 23.9. The molecule has 0 aliphatic carbocycles. The van der Waals surface area contributed by atoms with Crippen molar-refractivity contribution < 1.29 is 22.7 Å². The summed E-state index contributed by atoms with van der Waals surface area (Å²) in [7, 11) is -2.19. The molecular formula is C23H31N3O5S. The Balaban J connectivity index is 2.39. The molecule has 174 valence electrons. The number of anilines is 1. The molecule has 2 amide bonds. The van der Waals surface area contributed by atoms with Crippen LogP contribution in [0.25, 0.3) is 0 Å². The fourth-order valence-electron chi connectivity index (χ4n) is 3.27. The summed E-state index contributed by atoms with van der Waals surface area (Å²) < 4.78 is 31.3. The van der Waals surface area contributed by atoms with E-state index in [0.717, 1.165) is 21.7 Å². The maximum absolute atomic E-state index is 13.4. The maximum atomic E-state index is 13.4. The summed E-state index contributed by atoms with van der Waals surface area (Å²) in [4.78, 5) is 27.3. The largest absolute Gasteiger partial charge is 0.497 e. The van der Waals surface area contributed by atoms with E-state index in [9.17, 15) is 18.0 Å². The monoisotopic (exact) mass is 461 g/mol. The fourth-order valence-corrected chi connectivity index (χ4v) is 4.11. The number of ether oxygens (including phenoxy) is 1. The quantitative estimate of drug-likeness (QED) is 0.586. The normalized spacial score (nSPS) is 12.0. The van der Waals surface area contributed by atoms with Crippen molar-refractivity contribution in [3.63, 3.8) is 0 Å². The van der Waals surface area contributed by atoms with Crippen LogP contribution in [-0.2, 0) is 26.2 Å². The molecule has 32 heavy (non-hydrogen) atoms. The molecule has 0 spiro atoms. The minimum Gasteiger partial charge on any atom is -0.497 e. The molecule has 0 bridgehead atoms. The third-order valence-electron chi connectivity index (χ3n) is 4.97. The van der Waals surface area contributed by atoms with Gasteiger partial charge in [0, 0.05) is 13.1 Å². The van der Waals surface area contributed by atoms with Crippen molar-refractivity contribution in [1.82, 2.24) is 10.2 Å². The second kappa shape index (κ2) is 11.0. The number of carbonyl (C=O) groups is 2. The Kier molecular flexibility index (Phi) is 8.65. The second-order valence-electron chi connectivity index (χ2n) is 7.55. The highest BCUT2D eigenvalue weighted by atomic mass is 32.2. The SMILES string of the molecule is CCNC(=O)[C@H](C)N(Cc1cccc(OC)c1)C(=O)CN(c1cccc(C)c1)S(C)(=O)=O. The van der Waals surface area contributed by atoms with Gasteiger partial charge in [0.2, 0.25) is 21.8 Å². The molecule has 9 heteroatoms. The standard InChI is InChI=1S/C23H31N3O5S/c1-6-24-23(28)18(3)25(15-19-10-8-12-21(14-19)31-4)22(27)16-26(32(5,29)30)20-11-7-9-17(2)13-20/h7-14,18H,6,15-16H2,1-5H3,(H,24,28)/t18-/m0/s1. The average molecular weight is 462 g/mol. The van der Waals surface area contributed by atoms with Gasteiger partial charge in [0.15, 0.2) is 0 Å². The first kappa shape index (κ1) is 25.2. The van der Waals surface area contributed by atoms with E-state index in [1.807, 2.05) is 19.1 Å². The summed E-state index contributed by atoms with van der Waals surface area (Å²) in [6.45, 7) is 5.39. The fraction of sp³-hybridized carbons (Fsp3) is 0.391. The number of rotatable bonds is 10. The van der Waals surface area contributed by atoms with Gasteiger partial charge in [0.05, 0.1) is 19.1 Å². The van der Waals surface area contributed by atoms with Gasteiger partial charge in [-0.3, -0.25) is 13.9 Å². The molecule has 0 saturated heterocycles. The summed E-state index contributed by atoms with van der Waals surface area (Å²) in [5.74, 6) is -0.179. The average Bonchev–Trinajstić information content (AvgIpc) is 2.74. The number of methoxy groups -OCH3 is 1. The van der Waals surface area contributed by atoms with Crippen LogP contribution in [0.1, 0.15) is 25.0 Å². The zero-order valence-electron chi connectivity index (χ0n) is 19.2. The van der Waals surface area contributed by atoms with E-state index in [2.05, 4.69) is 5.32 Å². The highest BCUT2D eigenvalue weighted by molar-refractivity contribution is 7.92. The highest BCUT2D eigenvalue weighted by Gasteiger charge is 2.30. The van der Waals surface area contributed by atoms with Gasteiger partial charge >= 0.3 is 0 Å². The lowest BCUT2D eigenvalue weighted by atomic mass is 10.1. The van der Waals surface area contributed by atoms with E-state index in [4.69, 9.17) is 4.74 Å². The zero-order valence-corrected chi connectivity index (χ0v) is 20.0. The van der Waals surface area contributed by atoms with Crippen LogP contribution in [0.3, 0.4) is 0 Å². The van der Waals surface area contributed by atoms with Crippen LogP contribution in [0.5, 0.6) is 5.75 Å². The highest BCUT2D eigenvalue weighted by Crippen LogP contribution is 2.21. The van der Waals surface area contributed by atoms with Crippen LogP contribution in [0, 0.1) is 6.92 Å². The number of likely N-dealkylation sites (N-methyl/N-ethyl adjacent to an activating group) is 1. The van der Waals surface area contributed by atoms with Crippen molar-refractivity contribution in [2.45, 2.75) is 33.4 Å². The van der Waals surface area contributed by atoms with E-state index in [1.54, 1.807) is 57.4 Å². The molecule has 2 rings (SSSR count). The number of sulfonamides is 1. The Morgan fingerprint density at radius 3 is 2.41 bits per heavy atom. The minimum atomic E-state index is -3.74. The third kappa shape index (κ3) is 6.71. The van der Waals surface area contributed by atoms with Crippen LogP contribution in [0.4, 0.5) is 5.69 Å². The van der Waals surface area contributed by atoms with Crippen LogP contribution >= 0.6 is 0 Å². The smallest absolute Gasteiger partial charge is 0.244 e. The van der Waals surface area contributed by atoms with Gasteiger partial charge in [-0.2, -0.15) is 0 Å². The lowest BCUT2D eigenvalue weighted by Crippen LogP contribution is -2.51. The van der Waals surface area contributed by atoms with Crippen LogP contribution in [-0.4, -0.2) is 57.6 Å². The first-order valence-electron chi connectivity index (χ1n) is 10.3. The van der Waals surface area contributed by atoms with Gasteiger partial charge in [-0.05, 0) is 56.2 Å². The Hall–Kier alpha value is -3.07. The number of nitrogens with zero attached hydrogens (tertiary/aromatic N) is 2. The molecule has 0 aliphatic rings. The van der Waals surface area contributed by atoms with E-state index in [0.29, 0.717) is 18.0 Å². The molecule has 0 radical (unpaired) electrons. The van der Waals surface area contributed by atoms with Gasteiger partial charge in [-0.1, -0.05) is 24.3 Å². The third-order valence-corrected chi connectivity index (χ3v) is 6.11. The van der Waals surface area contributed by atoms with Crippen molar-refractivity contribution in [2.24, 2.45) is 0 Å². The van der Waals surface area contributed by atoms with E-state index in [-0.39, 0.29) is 12.5 Å². The summed E-state index contributed by atoms with van der Waals surface area (Å²) in [6.07, 6.45) is 1.06. The van der Waals surface area contributed by atoms with Crippen molar-refractivity contribution >= 4 is 27.5 Å². The van der Waals surface area contributed by atoms with Crippen molar-refractivity contribution in [2.75, 3.05) is 30.8 Å².